The Labute approximate surface area is 82.3 Å². The Kier molecular flexibility index (Phi) is 4.89. The van der Waals surface area contributed by atoms with Crippen LogP contribution < -0.4 is 16.8 Å². The molecule has 0 aliphatic heterocycles. The van der Waals surface area contributed by atoms with Crippen molar-refractivity contribution in [2.24, 2.45) is 11.5 Å². The molecular weight excluding hydrogens is 162 g/mol. The molecule has 0 amide bonds. The standard InChI is InChI=1S/C10H25N3/c1-5-10(4,8-11)13-7-6-9(2,3)12/h13H,5-8,11-12H2,1-4H3. The summed E-state index contributed by atoms with van der Waals surface area (Å²) in [6, 6.07) is 0. The van der Waals surface area contributed by atoms with Gasteiger partial charge in [-0.05, 0) is 40.2 Å². The lowest BCUT2D eigenvalue weighted by Crippen LogP contribution is -2.50. The normalized spacial score (nSPS) is 17.1. The van der Waals surface area contributed by atoms with Gasteiger partial charge in [0.2, 0.25) is 0 Å². The molecule has 0 aromatic heterocycles. The fraction of sp³-hybridized carbons (Fsp3) is 1.00. The van der Waals surface area contributed by atoms with E-state index in [1.807, 2.05) is 13.8 Å². The number of nitrogens with two attached hydrogens (primary N) is 2. The molecule has 1 atom stereocenters. The zero-order chi connectivity index (χ0) is 10.5. The van der Waals surface area contributed by atoms with E-state index in [-0.39, 0.29) is 11.1 Å². The van der Waals surface area contributed by atoms with Crippen molar-refractivity contribution in [3.63, 3.8) is 0 Å². The van der Waals surface area contributed by atoms with Crippen molar-refractivity contribution < 1.29 is 0 Å². The van der Waals surface area contributed by atoms with Crippen LogP contribution in [-0.2, 0) is 0 Å². The fourth-order valence-electron chi connectivity index (χ4n) is 1.03. The van der Waals surface area contributed by atoms with Crippen LogP contribution in [0.25, 0.3) is 0 Å². The molecule has 0 fully saturated rings. The summed E-state index contributed by atoms with van der Waals surface area (Å²) >= 11 is 0. The molecule has 3 nitrogen and oxygen atoms in total. The molecule has 3 heteroatoms. The second-order valence-electron chi connectivity index (χ2n) is 4.78. The first-order valence-electron chi connectivity index (χ1n) is 5.07. The molecule has 0 bridgehead atoms. The Bertz CT molecular complexity index is 134. The Morgan fingerprint density at radius 3 is 2.08 bits per heavy atom. The molecule has 0 aromatic carbocycles. The van der Waals surface area contributed by atoms with Gasteiger partial charge in [-0.1, -0.05) is 6.92 Å². The van der Waals surface area contributed by atoms with Gasteiger partial charge < -0.3 is 16.8 Å². The molecule has 0 aliphatic carbocycles. The summed E-state index contributed by atoms with van der Waals surface area (Å²) in [6.45, 7) is 9.99. The van der Waals surface area contributed by atoms with Crippen LogP contribution >= 0.6 is 0 Å². The minimum atomic E-state index is -0.0871. The van der Waals surface area contributed by atoms with E-state index >= 15 is 0 Å². The molecule has 0 aromatic rings. The van der Waals surface area contributed by atoms with Crippen molar-refractivity contribution in [1.29, 1.82) is 0 Å². The van der Waals surface area contributed by atoms with E-state index in [2.05, 4.69) is 19.2 Å². The van der Waals surface area contributed by atoms with Crippen LogP contribution in [0.2, 0.25) is 0 Å². The molecule has 0 saturated heterocycles. The minimum absolute atomic E-state index is 0.0747. The summed E-state index contributed by atoms with van der Waals surface area (Å²) in [6.07, 6.45) is 2.02. The van der Waals surface area contributed by atoms with Gasteiger partial charge in [0.05, 0.1) is 0 Å². The lowest BCUT2D eigenvalue weighted by atomic mass is 9.97. The first-order valence-corrected chi connectivity index (χ1v) is 5.07. The molecule has 0 saturated carbocycles. The van der Waals surface area contributed by atoms with Crippen molar-refractivity contribution in [1.82, 2.24) is 5.32 Å². The van der Waals surface area contributed by atoms with Gasteiger partial charge in [-0.25, -0.2) is 0 Å². The van der Waals surface area contributed by atoms with Gasteiger partial charge in [0, 0.05) is 17.6 Å². The van der Waals surface area contributed by atoms with E-state index in [1.165, 1.54) is 0 Å². The highest BCUT2D eigenvalue weighted by atomic mass is 15.0. The molecule has 0 rings (SSSR count). The quantitative estimate of drug-likeness (QED) is 0.577. The van der Waals surface area contributed by atoms with Gasteiger partial charge in [0.15, 0.2) is 0 Å². The van der Waals surface area contributed by atoms with Crippen LogP contribution in [0.3, 0.4) is 0 Å². The summed E-state index contributed by atoms with van der Waals surface area (Å²) in [4.78, 5) is 0. The molecule has 0 spiro atoms. The molecule has 0 heterocycles. The SMILES string of the molecule is CCC(C)(CN)NCCC(C)(C)N. The molecule has 80 valence electrons. The monoisotopic (exact) mass is 187 g/mol. The van der Waals surface area contributed by atoms with Crippen molar-refractivity contribution >= 4 is 0 Å². The third-order valence-electron chi connectivity index (χ3n) is 2.55. The Morgan fingerprint density at radius 2 is 1.77 bits per heavy atom. The van der Waals surface area contributed by atoms with E-state index in [9.17, 15) is 0 Å². The average molecular weight is 187 g/mol. The van der Waals surface area contributed by atoms with E-state index in [0.717, 1.165) is 19.4 Å². The van der Waals surface area contributed by atoms with Crippen molar-refractivity contribution in [3.05, 3.63) is 0 Å². The van der Waals surface area contributed by atoms with E-state index in [1.54, 1.807) is 0 Å². The zero-order valence-corrected chi connectivity index (χ0v) is 9.48. The predicted molar refractivity (Wildman–Crippen MR) is 58.6 cm³/mol. The Balaban J connectivity index is 3.74. The maximum absolute atomic E-state index is 5.88. The van der Waals surface area contributed by atoms with E-state index in [0.29, 0.717) is 6.54 Å². The number of hydrogen-bond acceptors (Lipinski definition) is 3. The minimum Gasteiger partial charge on any atom is -0.329 e. The summed E-state index contributed by atoms with van der Waals surface area (Å²) < 4.78 is 0. The number of hydrogen-bond donors (Lipinski definition) is 3. The van der Waals surface area contributed by atoms with Gasteiger partial charge in [-0.2, -0.15) is 0 Å². The van der Waals surface area contributed by atoms with Crippen LogP contribution in [0.5, 0.6) is 0 Å². The number of nitrogens with one attached hydrogen (secondary N) is 1. The molecule has 13 heavy (non-hydrogen) atoms. The molecule has 1 unspecified atom stereocenters. The second-order valence-corrected chi connectivity index (χ2v) is 4.78. The second kappa shape index (κ2) is 4.94. The lowest BCUT2D eigenvalue weighted by molar-refractivity contribution is 0.330. The molecular formula is C10H25N3. The molecule has 0 radical (unpaired) electrons. The van der Waals surface area contributed by atoms with Crippen LogP contribution in [0.1, 0.15) is 40.5 Å². The predicted octanol–water partition coefficient (Wildman–Crippen LogP) is 0.831. The number of rotatable bonds is 6. The van der Waals surface area contributed by atoms with Gasteiger partial charge in [-0.3, -0.25) is 0 Å². The molecule has 0 aliphatic rings. The van der Waals surface area contributed by atoms with Crippen molar-refractivity contribution in [3.8, 4) is 0 Å². The summed E-state index contributed by atoms with van der Waals surface area (Å²) in [5, 5.41) is 3.45. The molecule has 5 N–H and O–H groups in total. The largest absolute Gasteiger partial charge is 0.329 e. The van der Waals surface area contributed by atoms with E-state index in [4.69, 9.17) is 11.5 Å². The summed E-state index contributed by atoms with van der Waals surface area (Å²) in [5.74, 6) is 0. The smallest absolute Gasteiger partial charge is 0.0273 e. The highest BCUT2D eigenvalue weighted by Crippen LogP contribution is 2.08. The summed E-state index contributed by atoms with van der Waals surface area (Å²) in [7, 11) is 0. The van der Waals surface area contributed by atoms with Crippen LogP contribution in [0.4, 0.5) is 0 Å². The van der Waals surface area contributed by atoms with Crippen molar-refractivity contribution in [2.75, 3.05) is 13.1 Å². The van der Waals surface area contributed by atoms with Gasteiger partial charge >= 0.3 is 0 Å². The van der Waals surface area contributed by atoms with Gasteiger partial charge in [0.1, 0.15) is 0 Å². The third-order valence-corrected chi connectivity index (χ3v) is 2.55. The highest BCUT2D eigenvalue weighted by molar-refractivity contribution is 4.84. The average Bonchev–Trinajstić information content (AvgIpc) is 2.02. The maximum Gasteiger partial charge on any atom is 0.0273 e. The highest BCUT2D eigenvalue weighted by Gasteiger charge is 2.19. The summed E-state index contributed by atoms with van der Waals surface area (Å²) in [5.41, 5.74) is 11.5. The Morgan fingerprint density at radius 1 is 1.23 bits per heavy atom. The van der Waals surface area contributed by atoms with Crippen LogP contribution in [0.15, 0.2) is 0 Å². The Hall–Kier alpha value is -0.120. The third kappa shape index (κ3) is 6.02. The van der Waals surface area contributed by atoms with E-state index < -0.39 is 0 Å². The topological polar surface area (TPSA) is 64.1 Å². The maximum atomic E-state index is 5.88. The first-order chi connectivity index (χ1) is 5.83. The fourth-order valence-corrected chi connectivity index (χ4v) is 1.03. The van der Waals surface area contributed by atoms with Gasteiger partial charge in [-0.15, -0.1) is 0 Å². The van der Waals surface area contributed by atoms with Crippen LogP contribution in [0, 0.1) is 0 Å². The zero-order valence-electron chi connectivity index (χ0n) is 9.48. The van der Waals surface area contributed by atoms with Gasteiger partial charge in [0.25, 0.3) is 0 Å². The lowest BCUT2D eigenvalue weighted by Gasteiger charge is -2.30. The van der Waals surface area contributed by atoms with Crippen LogP contribution in [-0.4, -0.2) is 24.2 Å². The first kappa shape index (κ1) is 12.9. The van der Waals surface area contributed by atoms with Crippen molar-refractivity contribution in [2.45, 2.75) is 51.6 Å².